The molecule has 0 aliphatic rings. The molecule has 9 heteroatoms. The highest BCUT2D eigenvalue weighted by atomic mass is 32.2. The maximum absolute atomic E-state index is 12.8. The van der Waals surface area contributed by atoms with Crippen LogP contribution in [0.15, 0.2) is 82.4 Å². The van der Waals surface area contributed by atoms with Crippen LogP contribution in [0, 0.1) is 13.8 Å². The van der Waals surface area contributed by atoms with Gasteiger partial charge in [0.15, 0.2) is 5.76 Å². The fourth-order valence-electron chi connectivity index (χ4n) is 3.22. The molecule has 4 aromatic rings. The Morgan fingerprint density at radius 2 is 1.72 bits per heavy atom. The molecule has 0 aliphatic heterocycles. The van der Waals surface area contributed by atoms with Crippen LogP contribution in [0.5, 0.6) is 0 Å². The quantitative estimate of drug-likeness (QED) is 0.439. The van der Waals surface area contributed by atoms with Crippen LogP contribution in [0.25, 0.3) is 0 Å². The van der Waals surface area contributed by atoms with Crippen LogP contribution in [0.1, 0.15) is 27.4 Å². The molecule has 2 aromatic carbocycles. The van der Waals surface area contributed by atoms with E-state index in [1.165, 1.54) is 24.3 Å². The monoisotopic (exact) mass is 450 g/mol. The number of aromatic nitrogens is 2. The lowest BCUT2D eigenvalue weighted by Gasteiger charge is -2.13. The van der Waals surface area contributed by atoms with E-state index >= 15 is 0 Å². The molecule has 2 aromatic heterocycles. The molecule has 2 heterocycles. The summed E-state index contributed by atoms with van der Waals surface area (Å²) in [5.41, 5.74) is 2.69. The number of rotatable bonds is 7. The summed E-state index contributed by atoms with van der Waals surface area (Å²) >= 11 is 0. The lowest BCUT2D eigenvalue weighted by molar-refractivity contribution is 0.0994. The van der Waals surface area contributed by atoms with Gasteiger partial charge in [-0.05, 0) is 67.4 Å². The number of para-hydroxylation sites is 1. The van der Waals surface area contributed by atoms with Crippen molar-refractivity contribution in [2.75, 3.05) is 10.0 Å². The van der Waals surface area contributed by atoms with Crippen LogP contribution in [0.3, 0.4) is 0 Å². The molecule has 0 radical (unpaired) electrons. The molecule has 0 atom stereocenters. The van der Waals surface area contributed by atoms with Crippen LogP contribution in [0.2, 0.25) is 0 Å². The minimum Gasteiger partial charge on any atom is -0.454 e. The van der Waals surface area contributed by atoms with Crippen molar-refractivity contribution in [2.45, 2.75) is 25.3 Å². The van der Waals surface area contributed by atoms with Crippen molar-refractivity contribution < 1.29 is 17.6 Å². The Hall–Kier alpha value is -3.85. The van der Waals surface area contributed by atoms with E-state index in [-0.39, 0.29) is 10.7 Å². The number of sulfonamides is 1. The number of hydrogen-bond acceptors (Lipinski definition) is 5. The smallest absolute Gasteiger partial charge is 0.291 e. The van der Waals surface area contributed by atoms with Gasteiger partial charge in [0, 0.05) is 18.1 Å². The Balaban J connectivity index is 1.43. The zero-order valence-electron chi connectivity index (χ0n) is 17.6. The molecule has 0 aliphatic carbocycles. The third-order valence-electron chi connectivity index (χ3n) is 4.90. The van der Waals surface area contributed by atoms with Gasteiger partial charge in [0.2, 0.25) is 0 Å². The summed E-state index contributed by atoms with van der Waals surface area (Å²) in [6, 6.07) is 16.6. The van der Waals surface area contributed by atoms with Gasteiger partial charge in [-0.25, -0.2) is 8.42 Å². The highest BCUT2D eigenvalue weighted by Crippen LogP contribution is 2.24. The van der Waals surface area contributed by atoms with Gasteiger partial charge in [-0.1, -0.05) is 18.2 Å². The van der Waals surface area contributed by atoms with Gasteiger partial charge in [0.1, 0.15) is 5.76 Å². The molecule has 164 valence electrons. The van der Waals surface area contributed by atoms with E-state index in [1.54, 1.807) is 35.3 Å². The van der Waals surface area contributed by atoms with Crippen LogP contribution in [-0.2, 0) is 16.6 Å². The first-order valence-corrected chi connectivity index (χ1v) is 11.4. The van der Waals surface area contributed by atoms with Crippen molar-refractivity contribution in [2.24, 2.45) is 0 Å². The van der Waals surface area contributed by atoms with Crippen molar-refractivity contribution in [1.82, 2.24) is 9.78 Å². The van der Waals surface area contributed by atoms with Crippen molar-refractivity contribution in [1.29, 1.82) is 0 Å². The van der Waals surface area contributed by atoms with E-state index in [2.05, 4.69) is 15.1 Å². The second-order valence-electron chi connectivity index (χ2n) is 7.32. The normalized spacial score (nSPS) is 11.3. The van der Waals surface area contributed by atoms with Crippen molar-refractivity contribution in [3.05, 3.63) is 95.7 Å². The minimum atomic E-state index is -3.77. The molecule has 8 nitrogen and oxygen atoms in total. The number of hydrogen-bond donors (Lipinski definition) is 2. The van der Waals surface area contributed by atoms with Crippen molar-refractivity contribution in [3.8, 4) is 0 Å². The highest BCUT2D eigenvalue weighted by molar-refractivity contribution is 7.92. The van der Waals surface area contributed by atoms with Gasteiger partial charge in [-0.2, -0.15) is 5.10 Å². The number of nitrogens with one attached hydrogen (secondary N) is 2. The number of nitrogens with zero attached hydrogens (tertiary/aromatic N) is 2. The Kier molecular flexibility index (Phi) is 5.83. The lowest BCUT2D eigenvalue weighted by Crippen LogP contribution is -2.15. The molecule has 0 saturated heterocycles. The Morgan fingerprint density at radius 3 is 2.38 bits per heavy atom. The van der Waals surface area contributed by atoms with E-state index in [9.17, 15) is 13.2 Å². The Bertz CT molecular complexity index is 1320. The predicted octanol–water partition coefficient (Wildman–Crippen LogP) is 4.19. The van der Waals surface area contributed by atoms with Gasteiger partial charge in [-0.15, -0.1) is 0 Å². The second kappa shape index (κ2) is 8.72. The average molecular weight is 451 g/mol. The van der Waals surface area contributed by atoms with E-state index in [4.69, 9.17) is 4.42 Å². The first kappa shape index (κ1) is 21.4. The van der Waals surface area contributed by atoms with Crippen molar-refractivity contribution >= 4 is 27.3 Å². The summed E-state index contributed by atoms with van der Waals surface area (Å²) in [6.07, 6.45) is 3.46. The minimum absolute atomic E-state index is 0.0951. The summed E-state index contributed by atoms with van der Waals surface area (Å²) < 4.78 is 35.5. The number of carbonyl (C=O) groups is 1. The molecule has 0 bridgehead atoms. The zero-order chi connectivity index (χ0) is 22.7. The molecular weight excluding hydrogens is 428 g/mol. The largest absolute Gasteiger partial charge is 0.454 e. The zero-order valence-corrected chi connectivity index (χ0v) is 18.4. The number of anilines is 2. The van der Waals surface area contributed by atoms with Crippen LogP contribution < -0.4 is 10.0 Å². The number of amides is 1. The summed E-state index contributed by atoms with van der Waals surface area (Å²) in [6.45, 7) is 4.11. The summed E-state index contributed by atoms with van der Waals surface area (Å²) in [7, 11) is -3.77. The van der Waals surface area contributed by atoms with Crippen LogP contribution in [0.4, 0.5) is 11.4 Å². The van der Waals surface area contributed by atoms with Crippen LogP contribution in [-0.4, -0.2) is 24.1 Å². The molecule has 0 unspecified atom stereocenters. The maximum Gasteiger partial charge on any atom is 0.291 e. The SMILES string of the molecule is Cc1cccc(C)c1NS(=O)(=O)c1ccc(NC(=O)c2ccc(Cn3cccn3)o2)cc1. The molecule has 32 heavy (non-hydrogen) atoms. The van der Waals surface area contributed by atoms with E-state index in [0.29, 0.717) is 23.7 Å². The number of aryl methyl sites for hydroxylation is 2. The van der Waals surface area contributed by atoms with E-state index in [0.717, 1.165) is 11.1 Å². The second-order valence-corrected chi connectivity index (χ2v) is 9.00. The first-order valence-electron chi connectivity index (χ1n) is 9.88. The third kappa shape index (κ3) is 4.73. The van der Waals surface area contributed by atoms with Crippen molar-refractivity contribution in [3.63, 3.8) is 0 Å². The molecule has 4 rings (SSSR count). The molecular formula is C23H22N4O4S. The first-order chi connectivity index (χ1) is 15.3. The number of furan rings is 1. The van der Waals surface area contributed by atoms with Gasteiger partial charge in [-0.3, -0.25) is 14.2 Å². The van der Waals surface area contributed by atoms with Gasteiger partial charge in [0.05, 0.1) is 17.1 Å². The van der Waals surface area contributed by atoms with Gasteiger partial charge in [0.25, 0.3) is 15.9 Å². The van der Waals surface area contributed by atoms with E-state index in [1.807, 2.05) is 32.0 Å². The highest BCUT2D eigenvalue weighted by Gasteiger charge is 2.17. The average Bonchev–Trinajstić information content (AvgIpc) is 3.44. The number of benzene rings is 2. The summed E-state index contributed by atoms with van der Waals surface area (Å²) in [4.78, 5) is 12.6. The van der Waals surface area contributed by atoms with Crippen LogP contribution >= 0.6 is 0 Å². The molecule has 0 spiro atoms. The summed E-state index contributed by atoms with van der Waals surface area (Å²) in [5.74, 6) is 0.319. The molecule has 0 fully saturated rings. The van der Waals surface area contributed by atoms with E-state index < -0.39 is 15.9 Å². The Labute approximate surface area is 185 Å². The predicted molar refractivity (Wildman–Crippen MR) is 121 cm³/mol. The van der Waals surface area contributed by atoms with Gasteiger partial charge < -0.3 is 9.73 Å². The fourth-order valence-corrected chi connectivity index (χ4v) is 4.42. The number of carbonyl (C=O) groups excluding carboxylic acids is 1. The molecule has 2 N–H and O–H groups in total. The lowest BCUT2D eigenvalue weighted by atomic mass is 10.1. The third-order valence-corrected chi connectivity index (χ3v) is 6.27. The Morgan fingerprint density at radius 1 is 1.00 bits per heavy atom. The fraction of sp³-hybridized carbons (Fsp3) is 0.130. The molecule has 0 saturated carbocycles. The summed E-state index contributed by atoms with van der Waals surface area (Å²) in [5, 5.41) is 6.81. The van der Waals surface area contributed by atoms with Gasteiger partial charge >= 0.3 is 0 Å². The maximum atomic E-state index is 12.8. The molecule has 1 amide bonds. The topological polar surface area (TPSA) is 106 Å². The standard InChI is InChI=1S/C23H22N4O4S/c1-16-5-3-6-17(2)22(16)26-32(29,30)20-10-7-18(8-11-20)25-23(28)21-12-9-19(31-21)15-27-14-4-13-24-27/h3-14,26H,15H2,1-2H3,(H,25,28).